The van der Waals surface area contributed by atoms with Gasteiger partial charge in [0.1, 0.15) is 6.61 Å². The van der Waals surface area contributed by atoms with Crippen LogP contribution in [-0.4, -0.2) is 35.3 Å². The van der Waals surface area contributed by atoms with E-state index in [0.29, 0.717) is 18.1 Å². The second-order valence-corrected chi connectivity index (χ2v) is 3.79. The molecular weight excluding hydrogens is 222 g/mol. The van der Waals surface area contributed by atoms with E-state index in [2.05, 4.69) is 10.1 Å². The molecule has 17 heavy (non-hydrogen) atoms. The molecule has 1 fully saturated rings. The molecule has 0 saturated carbocycles. The molecule has 6 nitrogen and oxygen atoms in total. The lowest BCUT2D eigenvalue weighted by Gasteiger charge is -2.12. The SMILES string of the molecule is N/C(=N\O)c1cccnc1OCC1CCCO1. The van der Waals surface area contributed by atoms with Crippen LogP contribution in [0.5, 0.6) is 5.88 Å². The Morgan fingerprint density at radius 1 is 1.71 bits per heavy atom. The molecule has 0 aromatic carbocycles. The Kier molecular flexibility index (Phi) is 3.77. The number of ether oxygens (including phenoxy) is 2. The number of pyridine rings is 1. The van der Waals surface area contributed by atoms with Gasteiger partial charge in [0, 0.05) is 12.8 Å². The van der Waals surface area contributed by atoms with E-state index < -0.39 is 0 Å². The van der Waals surface area contributed by atoms with Crippen LogP contribution in [0.25, 0.3) is 0 Å². The second-order valence-electron chi connectivity index (χ2n) is 3.79. The molecule has 92 valence electrons. The highest BCUT2D eigenvalue weighted by Gasteiger charge is 2.17. The summed E-state index contributed by atoms with van der Waals surface area (Å²) in [5.74, 6) is 0.346. The Morgan fingerprint density at radius 2 is 2.59 bits per heavy atom. The predicted octanol–water partition coefficient (Wildman–Crippen LogP) is 0.734. The van der Waals surface area contributed by atoms with Crippen molar-refractivity contribution in [3.63, 3.8) is 0 Å². The summed E-state index contributed by atoms with van der Waals surface area (Å²) in [5.41, 5.74) is 6.01. The molecule has 1 aromatic rings. The number of aromatic nitrogens is 1. The Bertz CT molecular complexity index is 403. The summed E-state index contributed by atoms with van der Waals surface area (Å²) in [4.78, 5) is 4.06. The first-order valence-electron chi connectivity index (χ1n) is 5.48. The minimum absolute atomic E-state index is 0.0135. The summed E-state index contributed by atoms with van der Waals surface area (Å²) < 4.78 is 11.0. The van der Waals surface area contributed by atoms with Gasteiger partial charge in [-0.2, -0.15) is 0 Å². The van der Waals surface area contributed by atoms with Crippen molar-refractivity contribution in [2.45, 2.75) is 18.9 Å². The zero-order valence-electron chi connectivity index (χ0n) is 9.37. The van der Waals surface area contributed by atoms with Gasteiger partial charge in [-0.3, -0.25) is 0 Å². The van der Waals surface area contributed by atoms with Crippen LogP contribution in [-0.2, 0) is 4.74 Å². The van der Waals surface area contributed by atoms with Gasteiger partial charge in [0.05, 0.1) is 11.7 Å². The van der Waals surface area contributed by atoms with E-state index in [1.165, 1.54) is 0 Å². The fourth-order valence-electron chi connectivity index (χ4n) is 1.70. The number of amidine groups is 1. The van der Waals surface area contributed by atoms with Gasteiger partial charge in [-0.25, -0.2) is 4.98 Å². The Balaban J connectivity index is 2.04. The molecular formula is C11H15N3O3. The minimum atomic E-state index is -0.0135. The van der Waals surface area contributed by atoms with Crippen LogP contribution in [0.1, 0.15) is 18.4 Å². The van der Waals surface area contributed by atoms with Gasteiger partial charge in [-0.05, 0) is 25.0 Å². The third-order valence-electron chi connectivity index (χ3n) is 2.58. The zero-order chi connectivity index (χ0) is 12.1. The zero-order valence-corrected chi connectivity index (χ0v) is 9.37. The molecule has 1 atom stereocenters. The fourth-order valence-corrected chi connectivity index (χ4v) is 1.70. The number of nitrogens with zero attached hydrogens (tertiary/aromatic N) is 2. The summed E-state index contributed by atoms with van der Waals surface area (Å²) in [5, 5.41) is 11.6. The molecule has 2 rings (SSSR count). The summed E-state index contributed by atoms with van der Waals surface area (Å²) in [6, 6.07) is 3.39. The van der Waals surface area contributed by atoms with Crippen LogP contribution >= 0.6 is 0 Å². The molecule has 3 N–H and O–H groups in total. The molecule has 0 bridgehead atoms. The molecule has 6 heteroatoms. The normalized spacial score (nSPS) is 20.5. The van der Waals surface area contributed by atoms with Crippen molar-refractivity contribution in [1.82, 2.24) is 4.98 Å². The van der Waals surface area contributed by atoms with E-state index in [4.69, 9.17) is 20.4 Å². The number of rotatable bonds is 4. The lowest BCUT2D eigenvalue weighted by molar-refractivity contribution is 0.0662. The highest BCUT2D eigenvalue weighted by Crippen LogP contribution is 2.17. The average molecular weight is 237 g/mol. The average Bonchev–Trinajstić information content (AvgIpc) is 2.89. The molecule has 1 aromatic heterocycles. The largest absolute Gasteiger partial charge is 0.474 e. The number of hydrogen-bond acceptors (Lipinski definition) is 5. The van der Waals surface area contributed by atoms with Crippen molar-refractivity contribution in [3.8, 4) is 5.88 Å². The molecule has 0 amide bonds. The summed E-state index contributed by atoms with van der Waals surface area (Å²) in [6.45, 7) is 1.21. The topological polar surface area (TPSA) is 90.0 Å². The van der Waals surface area contributed by atoms with E-state index in [1.54, 1.807) is 18.3 Å². The van der Waals surface area contributed by atoms with Crippen LogP contribution in [0.2, 0.25) is 0 Å². The molecule has 0 spiro atoms. The quantitative estimate of drug-likeness (QED) is 0.349. The third kappa shape index (κ3) is 2.85. The highest BCUT2D eigenvalue weighted by atomic mass is 16.5. The van der Waals surface area contributed by atoms with Crippen molar-refractivity contribution in [2.75, 3.05) is 13.2 Å². The van der Waals surface area contributed by atoms with Gasteiger partial charge >= 0.3 is 0 Å². The lowest BCUT2D eigenvalue weighted by atomic mass is 10.2. The predicted molar refractivity (Wildman–Crippen MR) is 61.2 cm³/mol. The Hall–Kier alpha value is -1.82. The minimum Gasteiger partial charge on any atom is -0.474 e. The first-order valence-corrected chi connectivity index (χ1v) is 5.48. The van der Waals surface area contributed by atoms with Gasteiger partial charge in [-0.1, -0.05) is 5.16 Å². The molecule has 1 saturated heterocycles. The maximum Gasteiger partial charge on any atom is 0.224 e. The van der Waals surface area contributed by atoms with Crippen LogP contribution in [0.4, 0.5) is 0 Å². The van der Waals surface area contributed by atoms with Crippen LogP contribution in [0, 0.1) is 0 Å². The van der Waals surface area contributed by atoms with E-state index in [0.717, 1.165) is 19.4 Å². The van der Waals surface area contributed by atoms with Crippen molar-refractivity contribution >= 4 is 5.84 Å². The Labute approximate surface area is 99.0 Å². The van der Waals surface area contributed by atoms with Gasteiger partial charge in [0.25, 0.3) is 0 Å². The smallest absolute Gasteiger partial charge is 0.224 e. The van der Waals surface area contributed by atoms with E-state index in [-0.39, 0.29) is 11.9 Å². The first kappa shape index (κ1) is 11.7. The summed E-state index contributed by atoms with van der Waals surface area (Å²) >= 11 is 0. The standard InChI is InChI=1S/C11H15N3O3/c12-10(14-15)9-4-1-5-13-11(9)17-7-8-3-2-6-16-8/h1,4-5,8,15H,2-3,6-7H2,(H2,12,14). The van der Waals surface area contributed by atoms with E-state index >= 15 is 0 Å². The lowest BCUT2D eigenvalue weighted by Crippen LogP contribution is -2.20. The highest BCUT2D eigenvalue weighted by molar-refractivity contribution is 5.98. The van der Waals surface area contributed by atoms with Gasteiger partial charge < -0.3 is 20.4 Å². The molecule has 1 aliphatic heterocycles. The third-order valence-corrected chi connectivity index (χ3v) is 2.58. The molecule has 1 aliphatic rings. The van der Waals surface area contributed by atoms with Crippen molar-refractivity contribution in [2.24, 2.45) is 10.9 Å². The number of oxime groups is 1. The van der Waals surface area contributed by atoms with Crippen LogP contribution < -0.4 is 10.5 Å². The summed E-state index contributed by atoms with van der Waals surface area (Å²) in [6.07, 6.45) is 3.76. The second kappa shape index (κ2) is 5.49. The summed E-state index contributed by atoms with van der Waals surface area (Å²) in [7, 11) is 0. The number of nitrogens with two attached hydrogens (primary N) is 1. The van der Waals surface area contributed by atoms with E-state index in [9.17, 15) is 0 Å². The van der Waals surface area contributed by atoms with Crippen molar-refractivity contribution < 1.29 is 14.7 Å². The molecule has 2 heterocycles. The molecule has 0 aliphatic carbocycles. The van der Waals surface area contributed by atoms with Gasteiger partial charge in [-0.15, -0.1) is 0 Å². The van der Waals surface area contributed by atoms with E-state index in [1.807, 2.05) is 0 Å². The molecule has 1 unspecified atom stereocenters. The van der Waals surface area contributed by atoms with Crippen LogP contribution in [0.15, 0.2) is 23.5 Å². The van der Waals surface area contributed by atoms with Crippen LogP contribution in [0.3, 0.4) is 0 Å². The van der Waals surface area contributed by atoms with Crippen molar-refractivity contribution in [1.29, 1.82) is 0 Å². The van der Waals surface area contributed by atoms with Gasteiger partial charge in [0.15, 0.2) is 5.84 Å². The first-order chi connectivity index (χ1) is 8.31. The van der Waals surface area contributed by atoms with Crippen molar-refractivity contribution in [3.05, 3.63) is 23.9 Å². The maximum atomic E-state index is 8.65. The molecule has 0 radical (unpaired) electrons. The van der Waals surface area contributed by atoms with Gasteiger partial charge in [0.2, 0.25) is 5.88 Å². The number of hydrogen-bond donors (Lipinski definition) is 2. The maximum absolute atomic E-state index is 8.65. The Morgan fingerprint density at radius 3 is 3.29 bits per heavy atom. The monoisotopic (exact) mass is 237 g/mol. The fraction of sp³-hybridized carbons (Fsp3) is 0.455.